The number of fused-ring (bicyclic) bond motifs is 7. The summed E-state index contributed by atoms with van der Waals surface area (Å²) in [6.07, 6.45) is 0. The lowest BCUT2D eigenvalue weighted by Crippen LogP contribution is -1.95. The second-order valence-corrected chi connectivity index (χ2v) is 7.98. The average Bonchev–Trinajstić information content (AvgIpc) is 3.10. The number of nitrogens with zero attached hydrogens (tertiary/aromatic N) is 1. The first-order valence-corrected chi connectivity index (χ1v) is 9.29. The van der Waals surface area contributed by atoms with Gasteiger partial charge in [0.15, 0.2) is 0 Å². The van der Waals surface area contributed by atoms with Crippen LogP contribution in [0.5, 0.6) is 0 Å². The number of hydrogen-bond acceptors (Lipinski definition) is 1. The summed E-state index contributed by atoms with van der Waals surface area (Å²) in [7, 11) is 2.21. The van der Waals surface area contributed by atoms with E-state index in [1.54, 1.807) is 0 Å². The van der Waals surface area contributed by atoms with Crippen LogP contribution in [-0.4, -0.2) is 4.57 Å². The molecule has 0 spiro atoms. The monoisotopic (exact) mass is 329 g/mol. The minimum Gasteiger partial charge on any atom is -0.343 e. The van der Waals surface area contributed by atoms with Crippen LogP contribution in [0.3, 0.4) is 0 Å². The van der Waals surface area contributed by atoms with E-state index in [-0.39, 0.29) is 0 Å². The number of aromatic nitrogens is 1. The summed E-state index contributed by atoms with van der Waals surface area (Å²) < 4.78 is 5.16. The third-order valence-electron chi connectivity index (χ3n) is 5.16. The first-order chi connectivity index (χ1) is 11.7. The van der Waals surface area contributed by atoms with Gasteiger partial charge in [-0.15, -0.1) is 11.3 Å². The molecule has 0 fully saturated rings. The predicted molar refractivity (Wildman–Crippen MR) is 107 cm³/mol. The molecule has 0 amide bonds. The Labute approximate surface area is 145 Å². The van der Waals surface area contributed by atoms with Crippen LogP contribution in [-0.2, 0) is 7.05 Å². The standard InChI is InChI=1S/C22H19NS/c1-13(2)16-12-19-20(15-9-5-7-11-18(15)24-19)21-14-8-4-6-10-17(14)23(3)22(16)21/h4-13H,1-3H3. The average molecular weight is 329 g/mol. The van der Waals surface area contributed by atoms with E-state index in [0.717, 1.165) is 0 Å². The van der Waals surface area contributed by atoms with Crippen molar-refractivity contribution in [1.29, 1.82) is 0 Å². The summed E-state index contributed by atoms with van der Waals surface area (Å²) >= 11 is 1.92. The zero-order valence-electron chi connectivity index (χ0n) is 14.1. The van der Waals surface area contributed by atoms with Gasteiger partial charge in [-0.05, 0) is 29.7 Å². The Balaban J connectivity index is 2.19. The summed E-state index contributed by atoms with van der Waals surface area (Å²) in [6.45, 7) is 4.59. The molecule has 1 nitrogen and oxygen atoms in total. The lowest BCUT2D eigenvalue weighted by Gasteiger charge is -2.11. The highest BCUT2D eigenvalue weighted by Crippen LogP contribution is 2.44. The van der Waals surface area contributed by atoms with Gasteiger partial charge in [0.1, 0.15) is 0 Å². The van der Waals surface area contributed by atoms with Crippen molar-refractivity contribution in [2.24, 2.45) is 7.05 Å². The zero-order chi connectivity index (χ0) is 16.4. The number of aryl methyl sites for hydroxylation is 1. The second kappa shape index (κ2) is 4.84. The Morgan fingerprint density at radius 2 is 1.54 bits per heavy atom. The van der Waals surface area contributed by atoms with Crippen LogP contribution in [0.15, 0.2) is 54.6 Å². The van der Waals surface area contributed by atoms with Crippen LogP contribution in [0.2, 0.25) is 0 Å². The van der Waals surface area contributed by atoms with Crippen molar-refractivity contribution in [3.05, 3.63) is 60.2 Å². The molecule has 0 saturated carbocycles. The fraction of sp³-hybridized carbons (Fsp3) is 0.182. The van der Waals surface area contributed by atoms with E-state index in [4.69, 9.17) is 0 Å². The number of benzene rings is 3. The van der Waals surface area contributed by atoms with Gasteiger partial charge in [0.05, 0.1) is 5.52 Å². The number of rotatable bonds is 1. The van der Waals surface area contributed by atoms with E-state index in [0.29, 0.717) is 5.92 Å². The van der Waals surface area contributed by atoms with Crippen molar-refractivity contribution in [3.8, 4) is 0 Å². The van der Waals surface area contributed by atoms with E-state index >= 15 is 0 Å². The Kier molecular flexibility index (Phi) is 2.84. The largest absolute Gasteiger partial charge is 0.343 e. The molecule has 0 saturated heterocycles. The molecular formula is C22H19NS. The molecule has 0 radical (unpaired) electrons. The molecule has 5 aromatic rings. The van der Waals surface area contributed by atoms with Crippen molar-refractivity contribution in [2.45, 2.75) is 19.8 Å². The predicted octanol–water partition coefficient (Wildman–Crippen LogP) is 6.82. The molecule has 0 aliphatic carbocycles. The minimum atomic E-state index is 0.505. The zero-order valence-corrected chi connectivity index (χ0v) is 14.9. The fourth-order valence-corrected chi connectivity index (χ4v) is 5.22. The quantitative estimate of drug-likeness (QED) is 0.318. The molecule has 0 aliphatic rings. The third-order valence-corrected chi connectivity index (χ3v) is 6.28. The molecule has 2 heteroatoms. The van der Waals surface area contributed by atoms with Crippen molar-refractivity contribution in [3.63, 3.8) is 0 Å². The number of hydrogen-bond donors (Lipinski definition) is 0. The highest BCUT2D eigenvalue weighted by molar-refractivity contribution is 7.26. The summed E-state index contributed by atoms with van der Waals surface area (Å²) in [4.78, 5) is 0. The van der Waals surface area contributed by atoms with Crippen molar-refractivity contribution in [1.82, 2.24) is 4.57 Å². The fourth-order valence-electron chi connectivity index (χ4n) is 4.06. The van der Waals surface area contributed by atoms with E-state index < -0.39 is 0 Å². The molecule has 3 aromatic carbocycles. The Morgan fingerprint density at radius 3 is 2.33 bits per heavy atom. The third kappa shape index (κ3) is 1.69. The lowest BCUT2D eigenvalue weighted by atomic mass is 9.96. The molecule has 0 aliphatic heterocycles. The lowest BCUT2D eigenvalue weighted by molar-refractivity contribution is 0.863. The summed E-state index contributed by atoms with van der Waals surface area (Å²) in [6, 6.07) is 20.0. The minimum absolute atomic E-state index is 0.505. The second-order valence-electron chi connectivity index (χ2n) is 6.89. The molecule has 0 atom stereocenters. The van der Waals surface area contributed by atoms with Crippen LogP contribution < -0.4 is 0 Å². The summed E-state index contributed by atoms with van der Waals surface area (Å²) in [5.74, 6) is 0.505. The van der Waals surface area contributed by atoms with Gasteiger partial charge in [-0.2, -0.15) is 0 Å². The van der Waals surface area contributed by atoms with Crippen molar-refractivity contribution >= 4 is 53.3 Å². The highest BCUT2D eigenvalue weighted by Gasteiger charge is 2.19. The van der Waals surface area contributed by atoms with Crippen molar-refractivity contribution < 1.29 is 0 Å². The van der Waals surface area contributed by atoms with Gasteiger partial charge in [0.25, 0.3) is 0 Å². The topological polar surface area (TPSA) is 4.93 Å². The van der Waals surface area contributed by atoms with Crippen molar-refractivity contribution in [2.75, 3.05) is 0 Å². The SMILES string of the molecule is CC(C)c1cc2sc3ccccc3c2c2c3ccccc3n(C)c12. The smallest absolute Gasteiger partial charge is 0.0531 e. The molecule has 2 heterocycles. The molecule has 0 unspecified atom stereocenters. The van der Waals surface area contributed by atoms with Crippen LogP contribution >= 0.6 is 11.3 Å². The number of para-hydroxylation sites is 1. The molecule has 0 bridgehead atoms. The van der Waals surface area contributed by atoms with E-state index in [1.165, 1.54) is 47.5 Å². The Hall–Kier alpha value is -2.32. The van der Waals surface area contributed by atoms with Gasteiger partial charge < -0.3 is 4.57 Å². The van der Waals surface area contributed by atoms with E-state index in [2.05, 4.69) is 80.1 Å². The van der Waals surface area contributed by atoms with Gasteiger partial charge in [0.2, 0.25) is 0 Å². The summed E-state index contributed by atoms with van der Waals surface area (Å²) in [5.41, 5.74) is 4.15. The number of thiophene rings is 1. The maximum absolute atomic E-state index is 2.42. The molecule has 2 aromatic heterocycles. The molecule has 5 rings (SSSR count). The molecular weight excluding hydrogens is 310 g/mol. The van der Waals surface area contributed by atoms with Gasteiger partial charge >= 0.3 is 0 Å². The Morgan fingerprint density at radius 1 is 0.833 bits per heavy atom. The maximum Gasteiger partial charge on any atom is 0.0531 e. The van der Waals surface area contributed by atoms with E-state index in [9.17, 15) is 0 Å². The van der Waals surface area contributed by atoms with Gasteiger partial charge in [-0.3, -0.25) is 0 Å². The van der Waals surface area contributed by atoms with Gasteiger partial charge in [0, 0.05) is 43.5 Å². The first kappa shape index (κ1) is 14.1. The summed E-state index contributed by atoms with van der Waals surface area (Å²) in [5, 5.41) is 5.60. The molecule has 118 valence electrons. The normalized spacial score (nSPS) is 12.3. The molecule has 24 heavy (non-hydrogen) atoms. The van der Waals surface area contributed by atoms with Crippen LogP contribution in [0, 0.1) is 0 Å². The molecule has 0 N–H and O–H groups in total. The first-order valence-electron chi connectivity index (χ1n) is 8.48. The van der Waals surface area contributed by atoms with E-state index in [1.807, 2.05) is 11.3 Å². The van der Waals surface area contributed by atoms with Gasteiger partial charge in [-0.25, -0.2) is 0 Å². The maximum atomic E-state index is 2.42. The van der Waals surface area contributed by atoms with Gasteiger partial charge in [-0.1, -0.05) is 50.2 Å². The Bertz CT molecular complexity index is 1240. The highest BCUT2D eigenvalue weighted by atomic mass is 32.1. The van der Waals surface area contributed by atoms with Crippen LogP contribution in [0.25, 0.3) is 42.0 Å². The van der Waals surface area contributed by atoms with Crippen LogP contribution in [0.1, 0.15) is 25.3 Å². The van der Waals surface area contributed by atoms with Crippen LogP contribution in [0.4, 0.5) is 0 Å².